The number of hydrogen-bond donors (Lipinski definition) is 3. The molecule has 5 aromatic rings. The Hall–Kier alpha value is -4.27. The molecule has 0 fully saturated rings. The van der Waals surface area contributed by atoms with E-state index in [1.54, 1.807) is 18.3 Å². The number of nitrogens with two attached hydrogens (primary N) is 2. The van der Waals surface area contributed by atoms with Crippen LogP contribution in [-0.4, -0.2) is 20.9 Å². The first-order valence-electron chi connectivity index (χ1n) is 9.20. The molecule has 9 nitrogen and oxygen atoms in total. The van der Waals surface area contributed by atoms with Gasteiger partial charge in [-0.15, -0.1) is 22.7 Å². The van der Waals surface area contributed by atoms with Crippen molar-refractivity contribution in [2.75, 3.05) is 16.8 Å². The van der Waals surface area contributed by atoms with E-state index in [0.717, 1.165) is 11.3 Å². The third-order valence-corrected chi connectivity index (χ3v) is 6.50. The Morgan fingerprint density at radius 3 is 2.75 bits per heavy atom. The van der Waals surface area contributed by atoms with Crippen LogP contribution in [0.5, 0.6) is 0 Å². The second-order valence-electron chi connectivity index (χ2n) is 6.57. The number of thiophene rings is 1. The van der Waals surface area contributed by atoms with Crippen molar-refractivity contribution in [1.82, 2.24) is 15.0 Å². The summed E-state index contributed by atoms with van der Waals surface area (Å²) in [5, 5.41) is 15.1. The van der Waals surface area contributed by atoms with Gasteiger partial charge in [0.05, 0.1) is 23.2 Å². The molecule has 5 aromatic heterocycles. The van der Waals surface area contributed by atoms with E-state index in [4.69, 9.17) is 15.9 Å². The number of carbonyl (C=O) groups is 1. The fourth-order valence-electron chi connectivity index (χ4n) is 3.24. The van der Waals surface area contributed by atoms with Crippen LogP contribution < -0.4 is 16.8 Å². The van der Waals surface area contributed by atoms with Crippen LogP contribution in [0.4, 0.5) is 16.6 Å². The van der Waals surface area contributed by atoms with E-state index in [-0.39, 0.29) is 21.9 Å². The van der Waals surface area contributed by atoms with Gasteiger partial charge >= 0.3 is 0 Å². The minimum Gasteiger partial charge on any atom is -0.464 e. The molecule has 0 radical (unpaired) electrons. The highest BCUT2D eigenvalue weighted by Gasteiger charge is 2.25. The molecule has 0 aliphatic heterocycles. The van der Waals surface area contributed by atoms with Crippen molar-refractivity contribution in [3.05, 3.63) is 58.6 Å². The maximum atomic E-state index is 13.0. The molecule has 5 heterocycles. The molecule has 156 valence electrons. The van der Waals surface area contributed by atoms with Crippen molar-refractivity contribution in [1.29, 1.82) is 5.26 Å². The third-order valence-electron chi connectivity index (χ3n) is 4.64. The van der Waals surface area contributed by atoms with Gasteiger partial charge in [-0.05, 0) is 24.3 Å². The number of aromatic nitrogens is 3. The summed E-state index contributed by atoms with van der Waals surface area (Å²) in [6, 6.07) is 11.0. The van der Waals surface area contributed by atoms with Gasteiger partial charge in [0.2, 0.25) is 0 Å². The largest absolute Gasteiger partial charge is 0.464 e. The van der Waals surface area contributed by atoms with Crippen molar-refractivity contribution < 1.29 is 9.21 Å². The van der Waals surface area contributed by atoms with Crippen LogP contribution in [-0.2, 0) is 0 Å². The number of fused-ring (bicyclic) bond motifs is 1. The molecule has 11 heteroatoms. The molecule has 32 heavy (non-hydrogen) atoms. The Balaban J connectivity index is 1.55. The lowest BCUT2D eigenvalue weighted by atomic mass is 10.0. The van der Waals surface area contributed by atoms with Gasteiger partial charge in [-0.1, -0.05) is 6.07 Å². The summed E-state index contributed by atoms with van der Waals surface area (Å²) in [6.45, 7) is 0. The first kappa shape index (κ1) is 19.7. The molecule has 0 unspecified atom stereocenters. The van der Waals surface area contributed by atoms with Crippen molar-refractivity contribution >= 4 is 55.4 Å². The van der Waals surface area contributed by atoms with Crippen molar-refractivity contribution in [2.45, 2.75) is 0 Å². The lowest BCUT2D eigenvalue weighted by Gasteiger charge is -2.06. The first-order chi connectivity index (χ1) is 15.6. The topological polar surface area (TPSA) is 157 Å². The lowest BCUT2D eigenvalue weighted by Crippen LogP contribution is -2.11. The number of amides is 1. The standard InChI is InChI=1S/C21H13N7O2S2/c22-8-10-14(13-5-3-7-30-13)15-16(23)17(32-20(15)27-18(10)24)19(29)28-21-26-12(9-31-21)11-4-1-2-6-25-11/h1-7,9H,23H2,(H2,24,27)(H,26,28,29). The van der Waals surface area contributed by atoms with Gasteiger partial charge in [-0.25, -0.2) is 9.97 Å². The van der Waals surface area contributed by atoms with E-state index in [1.807, 2.05) is 23.6 Å². The molecule has 5 rings (SSSR count). The molecule has 0 aromatic carbocycles. The molecule has 0 spiro atoms. The number of nitrogens with zero attached hydrogens (tertiary/aromatic N) is 4. The van der Waals surface area contributed by atoms with Crippen LogP contribution in [0.1, 0.15) is 15.2 Å². The molecule has 0 bridgehead atoms. The Bertz CT molecular complexity index is 1500. The monoisotopic (exact) mass is 459 g/mol. The molecular weight excluding hydrogens is 446 g/mol. The van der Waals surface area contributed by atoms with Gasteiger partial charge in [-0.2, -0.15) is 5.26 Å². The van der Waals surface area contributed by atoms with Crippen LogP contribution in [0, 0.1) is 11.3 Å². The van der Waals surface area contributed by atoms with Crippen molar-refractivity contribution in [3.63, 3.8) is 0 Å². The van der Waals surface area contributed by atoms with Gasteiger partial charge in [0.25, 0.3) is 5.91 Å². The fourth-order valence-corrected chi connectivity index (χ4v) is 4.94. The zero-order chi connectivity index (χ0) is 22.2. The summed E-state index contributed by atoms with van der Waals surface area (Å²) in [6.07, 6.45) is 3.16. The van der Waals surface area contributed by atoms with E-state index in [9.17, 15) is 10.1 Å². The van der Waals surface area contributed by atoms with Crippen LogP contribution >= 0.6 is 22.7 Å². The number of anilines is 3. The smallest absolute Gasteiger partial charge is 0.269 e. The van der Waals surface area contributed by atoms with Gasteiger partial charge in [0.1, 0.15) is 38.6 Å². The number of pyridine rings is 2. The summed E-state index contributed by atoms with van der Waals surface area (Å²) in [5.41, 5.74) is 14.5. The average Bonchev–Trinajstić information content (AvgIpc) is 3.54. The van der Waals surface area contributed by atoms with Gasteiger partial charge < -0.3 is 15.9 Å². The maximum Gasteiger partial charge on any atom is 0.269 e. The second-order valence-corrected chi connectivity index (χ2v) is 8.43. The molecule has 0 saturated heterocycles. The lowest BCUT2D eigenvalue weighted by molar-refractivity contribution is 0.103. The molecule has 1 amide bonds. The zero-order valence-corrected chi connectivity index (χ0v) is 17.8. The molecule has 0 aliphatic carbocycles. The third kappa shape index (κ3) is 3.24. The highest BCUT2D eigenvalue weighted by molar-refractivity contribution is 7.21. The number of nitriles is 1. The summed E-state index contributed by atoms with van der Waals surface area (Å²) in [7, 11) is 0. The van der Waals surface area contributed by atoms with E-state index < -0.39 is 5.91 Å². The number of furan rings is 1. The number of hydrogen-bond acceptors (Lipinski definition) is 10. The summed E-state index contributed by atoms with van der Waals surface area (Å²) >= 11 is 2.36. The Morgan fingerprint density at radius 2 is 2.03 bits per heavy atom. The number of rotatable bonds is 4. The van der Waals surface area contributed by atoms with Crippen molar-refractivity contribution in [2.24, 2.45) is 0 Å². The van der Waals surface area contributed by atoms with Crippen LogP contribution in [0.15, 0.2) is 52.6 Å². The molecule has 0 atom stereocenters. The highest BCUT2D eigenvalue weighted by atomic mass is 32.1. The molecule has 5 N–H and O–H groups in total. The van der Waals surface area contributed by atoms with Crippen LogP contribution in [0.25, 0.3) is 32.9 Å². The maximum absolute atomic E-state index is 13.0. The van der Waals surface area contributed by atoms with E-state index in [0.29, 0.717) is 38.1 Å². The Kier molecular flexibility index (Phi) is 4.78. The average molecular weight is 460 g/mol. The summed E-state index contributed by atoms with van der Waals surface area (Å²) < 4.78 is 5.49. The van der Waals surface area contributed by atoms with E-state index >= 15 is 0 Å². The van der Waals surface area contributed by atoms with E-state index in [2.05, 4.69) is 26.3 Å². The van der Waals surface area contributed by atoms with E-state index in [1.165, 1.54) is 17.6 Å². The molecule has 0 aliphatic rings. The normalized spacial score (nSPS) is 10.8. The molecule has 0 saturated carbocycles. The van der Waals surface area contributed by atoms with Crippen LogP contribution in [0.2, 0.25) is 0 Å². The number of nitrogen functional groups attached to an aromatic ring is 2. The summed E-state index contributed by atoms with van der Waals surface area (Å²) in [4.78, 5) is 26.7. The van der Waals surface area contributed by atoms with Gasteiger partial charge in [0.15, 0.2) is 5.13 Å². The first-order valence-corrected chi connectivity index (χ1v) is 10.9. The predicted molar refractivity (Wildman–Crippen MR) is 124 cm³/mol. The number of thiazole rings is 1. The number of nitrogens with one attached hydrogen (secondary N) is 1. The zero-order valence-electron chi connectivity index (χ0n) is 16.2. The van der Waals surface area contributed by atoms with Gasteiger partial charge in [0, 0.05) is 17.0 Å². The fraction of sp³-hybridized carbons (Fsp3) is 0. The van der Waals surface area contributed by atoms with Crippen LogP contribution in [0.3, 0.4) is 0 Å². The minimum absolute atomic E-state index is 0.0412. The second kappa shape index (κ2) is 7.77. The quantitative estimate of drug-likeness (QED) is 0.358. The number of carbonyl (C=O) groups excluding carboxylic acids is 1. The summed E-state index contributed by atoms with van der Waals surface area (Å²) in [5.74, 6) is 0.0199. The Morgan fingerprint density at radius 1 is 1.16 bits per heavy atom. The van der Waals surface area contributed by atoms with Gasteiger partial charge in [-0.3, -0.25) is 15.1 Å². The van der Waals surface area contributed by atoms with Crippen molar-refractivity contribution in [3.8, 4) is 28.8 Å². The molecular formula is C21H13N7O2S2. The SMILES string of the molecule is N#Cc1c(N)nc2sc(C(=O)Nc3nc(-c4ccccn4)cs3)c(N)c2c1-c1ccco1. The highest BCUT2D eigenvalue weighted by Crippen LogP contribution is 2.43. The predicted octanol–water partition coefficient (Wildman–Crippen LogP) is 4.36. The minimum atomic E-state index is -0.435. The Labute approximate surface area is 189 Å².